The smallest absolute Gasteiger partial charge is 0.267 e. The van der Waals surface area contributed by atoms with E-state index in [9.17, 15) is 4.79 Å². The Kier molecular flexibility index (Phi) is 4.55. The lowest BCUT2D eigenvalue weighted by atomic mass is 10.3. The molecule has 0 saturated carbocycles. The number of amides is 1. The van der Waals surface area contributed by atoms with Crippen LogP contribution in [0.3, 0.4) is 0 Å². The highest BCUT2D eigenvalue weighted by Gasteiger charge is 2.10. The summed E-state index contributed by atoms with van der Waals surface area (Å²) in [6.07, 6.45) is 3.29. The summed E-state index contributed by atoms with van der Waals surface area (Å²) >= 11 is 0. The van der Waals surface area contributed by atoms with Gasteiger partial charge in [-0.15, -0.1) is 10.2 Å². The second-order valence-corrected chi connectivity index (χ2v) is 5.00. The van der Waals surface area contributed by atoms with Crippen molar-refractivity contribution in [1.29, 1.82) is 0 Å². The molecule has 2 aromatic heterocycles. The lowest BCUT2D eigenvalue weighted by Crippen LogP contribution is -2.27. The molecule has 0 aliphatic heterocycles. The minimum atomic E-state index is -0.0830. The molecule has 0 aliphatic carbocycles. The van der Waals surface area contributed by atoms with Crippen molar-refractivity contribution >= 4 is 5.91 Å². The maximum atomic E-state index is 11.9. The summed E-state index contributed by atoms with van der Waals surface area (Å²) in [5.74, 6) is 0.807. The first kappa shape index (κ1) is 14.3. The van der Waals surface area contributed by atoms with Gasteiger partial charge in [-0.05, 0) is 32.4 Å². The number of H-pyrrole nitrogens is 1. The average molecular weight is 275 g/mol. The Labute approximate surface area is 118 Å². The first-order chi connectivity index (χ1) is 9.61. The normalized spacial score (nSPS) is 11.0. The van der Waals surface area contributed by atoms with E-state index in [2.05, 4.69) is 34.3 Å². The van der Waals surface area contributed by atoms with E-state index in [1.807, 2.05) is 23.6 Å². The fraction of sp³-hybridized carbons (Fsp3) is 0.500. The highest BCUT2D eigenvalue weighted by atomic mass is 16.1. The van der Waals surface area contributed by atoms with Gasteiger partial charge >= 0.3 is 0 Å². The van der Waals surface area contributed by atoms with Crippen molar-refractivity contribution in [3.05, 3.63) is 35.7 Å². The lowest BCUT2D eigenvalue weighted by molar-refractivity contribution is 0.0949. The summed E-state index contributed by atoms with van der Waals surface area (Å²) in [7, 11) is 0. The number of carbonyl (C=O) groups excluding carboxylic acids is 1. The van der Waals surface area contributed by atoms with Gasteiger partial charge < -0.3 is 14.9 Å². The van der Waals surface area contributed by atoms with E-state index >= 15 is 0 Å². The van der Waals surface area contributed by atoms with Crippen molar-refractivity contribution in [2.24, 2.45) is 0 Å². The maximum Gasteiger partial charge on any atom is 0.267 e. The average Bonchev–Trinajstić information content (AvgIpc) is 3.07. The van der Waals surface area contributed by atoms with E-state index in [1.54, 1.807) is 6.33 Å². The van der Waals surface area contributed by atoms with Crippen LogP contribution in [0.2, 0.25) is 0 Å². The number of hydrogen-bond donors (Lipinski definition) is 2. The maximum absolute atomic E-state index is 11.9. The molecule has 0 spiro atoms. The summed E-state index contributed by atoms with van der Waals surface area (Å²) in [5, 5.41) is 10.9. The van der Waals surface area contributed by atoms with Crippen LogP contribution in [0.15, 0.2) is 18.5 Å². The Bertz CT molecular complexity index is 570. The standard InChI is InChI=1S/C14H21N5O/c1-4-11-5-6-12(17-11)14(20)15-8-7-13-18-16-9-19(13)10(2)3/h5-6,9-10,17H,4,7-8H2,1-3H3,(H,15,20). The molecule has 0 aromatic carbocycles. The van der Waals surface area contributed by atoms with Gasteiger partial charge in [0.25, 0.3) is 5.91 Å². The summed E-state index contributed by atoms with van der Waals surface area (Å²) in [5.41, 5.74) is 1.67. The SMILES string of the molecule is CCc1ccc(C(=O)NCCc2nncn2C(C)C)[nH]1. The van der Waals surface area contributed by atoms with Gasteiger partial charge in [-0.1, -0.05) is 6.92 Å². The molecule has 0 aliphatic rings. The largest absolute Gasteiger partial charge is 0.354 e. The van der Waals surface area contributed by atoms with Gasteiger partial charge in [0, 0.05) is 24.7 Å². The number of nitrogens with one attached hydrogen (secondary N) is 2. The quantitative estimate of drug-likeness (QED) is 0.843. The van der Waals surface area contributed by atoms with Crippen molar-refractivity contribution in [3.8, 4) is 0 Å². The molecular formula is C14H21N5O. The fourth-order valence-electron chi connectivity index (χ4n) is 2.04. The third-order valence-corrected chi connectivity index (χ3v) is 3.21. The van der Waals surface area contributed by atoms with Crippen LogP contribution >= 0.6 is 0 Å². The number of aryl methyl sites for hydroxylation is 1. The molecule has 2 aromatic rings. The summed E-state index contributed by atoms with van der Waals surface area (Å²) < 4.78 is 2.01. The molecule has 2 heterocycles. The zero-order valence-electron chi connectivity index (χ0n) is 12.2. The molecule has 0 radical (unpaired) electrons. The van der Waals surface area contributed by atoms with Crippen LogP contribution in [0.1, 0.15) is 48.8 Å². The van der Waals surface area contributed by atoms with Crippen LogP contribution in [0, 0.1) is 0 Å². The summed E-state index contributed by atoms with van der Waals surface area (Å²) in [4.78, 5) is 15.0. The number of carbonyl (C=O) groups is 1. The minimum absolute atomic E-state index is 0.0830. The van der Waals surface area contributed by atoms with E-state index in [4.69, 9.17) is 0 Å². The van der Waals surface area contributed by atoms with Gasteiger partial charge in [0.1, 0.15) is 17.8 Å². The van der Waals surface area contributed by atoms with E-state index in [0.717, 1.165) is 17.9 Å². The molecule has 108 valence electrons. The minimum Gasteiger partial charge on any atom is -0.354 e. The number of rotatable bonds is 6. The molecule has 20 heavy (non-hydrogen) atoms. The Morgan fingerprint density at radius 2 is 2.25 bits per heavy atom. The number of hydrogen-bond acceptors (Lipinski definition) is 3. The molecule has 0 atom stereocenters. The Balaban J connectivity index is 1.86. The molecule has 6 nitrogen and oxygen atoms in total. The Morgan fingerprint density at radius 3 is 2.90 bits per heavy atom. The van der Waals surface area contributed by atoms with Crippen molar-refractivity contribution in [1.82, 2.24) is 25.1 Å². The van der Waals surface area contributed by atoms with Gasteiger partial charge in [-0.25, -0.2) is 0 Å². The highest BCUT2D eigenvalue weighted by Crippen LogP contribution is 2.06. The molecular weight excluding hydrogens is 254 g/mol. The lowest BCUT2D eigenvalue weighted by Gasteiger charge is -2.10. The van der Waals surface area contributed by atoms with Crippen LogP contribution in [0.25, 0.3) is 0 Å². The van der Waals surface area contributed by atoms with Crippen molar-refractivity contribution in [2.75, 3.05) is 6.54 Å². The third kappa shape index (κ3) is 3.26. The highest BCUT2D eigenvalue weighted by molar-refractivity contribution is 5.92. The van der Waals surface area contributed by atoms with Gasteiger partial charge in [0.2, 0.25) is 0 Å². The molecule has 2 rings (SSSR count). The predicted octanol–water partition coefficient (Wildman–Crippen LogP) is 1.72. The van der Waals surface area contributed by atoms with Crippen molar-refractivity contribution < 1.29 is 4.79 Å². The van der Waals surface area contributed by atoms with Gasteiger partial charge in [0.15, 0.2) is 0 Å². The fourth-order valence-corrected chi connectivity index (χ4v) is 2.04. The summed E-state index contributed by atoms with van der Waals surface area (Å²) in [6, 6.07) is 4.07. The van der Waals surface area contributed by atoms with E-state index in [1.165, 1.54) is 0 Å². The first-order valence-corrected chi connectivity index (χ1v) is 6.96. The van der Waals surface area contributed by atoms with E-state index in [0.29, 0.717) is 24.7 Å². The monoisotopic (exact) mass is 275 g/mol. The summed E-state index contributed by atoms with van der Waals surface area (Å²) in [6.45, 7) is 6.75. The molecule has 6 heteroatoms. The van der Waals surface area contributed by atoms with Crippen LogP contribution in [-0.4, -0.2) is 32.2 Å². The van der Waals surface area contributed by atoms with Gasteiger partial charge in [-0.3, -0.25) is 4.79 Å². The molecule has 0 bridgehead atoms. The molecule has 2 N–H and O–H groups in total. The van der Waals surface area contributed by atoms with Crippen LogP contribution < -0.4 is 5.32 Å². The molecule has 0 unspecified atom stereocenters. The van der Waals surface area contributed by atoms with Gasteiger partial charge in [-0.2, -0.15) is 0 Å². The molecule has 0 saturated heterocycles. The number of nitrogens with zero attached hydrogens (tertiary/aromatic N) is 3. The zero-order chi connectivity index (χ0) is 14.5. The predicted molar refractivity (Wildman–Crippen MR) is 76.6 cm³/mol. The van der Waals surface area contributed by atoms with Gasteiger partial charge in [0.05, 0.1) is 0 Å². The van der Waals surface area contributed by atoms with E-state index < -0.39 is 0 Å². The number of aromatic nitrogens is 4. The van der Waals surface area contributed by atoms with Crippen molar-refractivity contribution in [3.63, 3.8) is 0 Å². The van der Waals surface area contributed by atoms with Crippen LogP contribution in [0.4, 0.5) is 0 Å². The topological polar surface area (TPSA) is 75.6 Å². The Hall–Kier alpha value is -2.11. The van der Waals surface area contributed by atoms with Crippen LogP contribution in [-0.2, 0) is 12.8 Å². The molecule has 0 fully saturated rings. The third-order valence-electron chi connectivity index (χ3n) is 3.21. The van der Waals surface area contributed by atoms with Crippen molar-refractivity contribution in [2.45, 2.75) is 39.7 Å². The first-order valence-electron chi connectivity index (χ1n) is 6.96. The van der Waals surface area contributed by atoms with E-state index in [-0.39, 0.29) is 5.91 Å². The second-order valence-electron chi connectivity index (χ2n) is 5.00. The second kappa shape index (κ2) is 6.36. The zero-order valence-corrected chi connectivity index (χ0v) is 12.2. The number of aromatic amines is 1. The molecule has 1 amide bonds. The Morgan fingerprint density at radius 1 is 1.45 bits per heavy atom. The van der Waals surface area contributed by atoms with Crippen LogP contribution in [0.5, 0.6) is 0 Å².